The summed E-state index contributed by atoms with van der Waals surface area (Å²) in [5, 5.41) is 3.53. The van der Waals surface area contributed by atoms with Crippen molar-refractivity contribution in [3.05, 3.63) is 95.6 Å². The van der Waals surface area contributed by atoms with Crippen LogP contribution in [-0.4, -0.2) is 41.3 Å². The molecule has 3 aromatic carbocycles. The molecule has 2 aliphatic rings. The number of carbonyl (C=O) groups excluding carboxylic acids is 2. The van der Waals surface area contributed by atoms with Crippen molar-refractivity contribution in [2.24, 2.45) is 0 Å². The van der Waals surface area contributed by atoms with E-state index >= 15 is 0 Å². The number of carbonyl (C=O) groups is 2. The lowest BCUT2D eigenvalue weighted by Gasteiger charge is -2.38. The Balaban J connectivity index is 1.45. The average molecular weight is 442 g/mol. The molecule has 5 rings (SSSR count). The van der Waals surface area contributed by atoms with Gasteiger partial charge >= 0.3 is 0 Å². The van der Waals surface area contributed by atoms with E-state index in [0.29, 0.717) is 17.9 Å². The fraction of sp³-hybridized carbons (Fsp3) is 0.259. The van der Waals surface area contributed by atoms with Gasteiger partial charge in [-0.3, -0.25) is 9.59 Å². The lowest BCUT2D eigenvalue weighted by Crippen LogP contribution is -2.42. The van der Waals surface area contributed by atoms with Gasteiger partial charge in [0, 0.05) is 30.9 Å². The maximum Gasteiger partial charge on any atom is 0.260 e. The number of ether oxygens (including phenoxy) is 1. The summed E-state index contributed by atoms with van der Waals surface area (Å²) in [6, 6.07) is 25.1. The van der Waals surface area contributed by atoms with Crippen molar-refractivity contribution >= 4 is 17.5 Å². The molecule has 1 atom stereocenters. The Labute approximate surface area is 193 Å². The molecule has 168 valence electrons. The zero-order chi connectivity index (χ0) is 22.6. The minimum absolute atomic E-state index is 0.00136. The predicted molar refractivity (Wildman–Crippen MR) is 127 cm³/mol. The number of nitrogens with zero attached hydrogens (tertiary/aromatic N) is 2. The molecule has 3 aromatic rings. The maximum atomic E-state index is 13.5. The van der Waals surface area contributed by atoms with E-state index in [4.69, 9.17) is 4.74 Å². The Hall–Kier alpha value is -3.80. The smallest absolute Gasteiger partial charge is 0.260 e. The molecule has 2 heterocycles. The number of rotatable bonds is 6. The van der Waals surface area contributed by atoms with Crippen molar-refractivity contribution in [2.75, 3.05) is 25.0 Å². The molecule has 6 heteroatoms. The van der Waals surface area contributed by atoms with Gasteiger partial charge in [0.2, 0.25) is 0 Å². The molecule has 0 aliphatic carbocycles. The topological polar surface area (TPSA) is 61.9 Å². The summed E-state index contributed by atoms with van der Waals surface area (Å²) in [6.07, 6.45) is 1.67. The van der Waals surface area contributed by atoms with Crippen LogP contribution < -0.4 is 10.1 Å². The molecule has 2 amide bonds. The zero-order valence-electron chi connectivity index (χ0n) is 18.4. The molecule has 1 saturated heterocycles. The number of likely N-dealkylation sites (tertiary alicyclic amines) is 1. The van der Waals surface area contributed by atoms with Crippen molar-refractivity contribution < 1.29 is 14.3 Å². The largest absolute Gasteiger partial charge is 0.483 e. The Morgan fingerprint density at radius 3 is 2.42 bits per heavy atom. The van der Waals surface area contributed by atoms with Crippen molar-refractivity contribution in [1.82, 2.24) is 9.80 Å². The number of nitrogens with one attached hydrogen (secondary N) is 1. The van der Waals surface area contributed by atoms with Crippen LogP contribution in [0.2, 0.25) is 0 Å². The van der Waals surface area contributed by atoms with E-state index in [1.165, 1.54) is 0 Å². The van der Waals surface area contributed by atoms with Gasteiger partial charge < -0.3 is 19.9 Å². The van der Waals surface area contributed by atoms with Crippen molar-refractivity contribution in [3.63, 3.8) is 0 Å². The first-order valence-corrected chi connectivity index (χ1v) is 11.4. The standard InChI is InChI=1S/C27H27N3O3/c31-25(29-16-8-9-17-29)19-33-24-15-7-5-13-22(24)26-28-23-14-6-4-12-21(23)27(32)30(26)18-20-10-2-1-3-11-20/h1-7,10-15,26,28H,8-9,16-19H2. The van der Waals surface area contributed by atoms with Crippen LogP contribution in [0.25, 0.3) is 0 Å². The second-order valence-corrected chi connectivity index (χ2v) is 8.43. The Bertz CT molecular complexity index is 1140. The highest BCUT2D eigenvalue weighted by molar-refractivity contribution is 6.01. The highest BCUT2D eigenvalue weighted by Crippen LogP contribution is 2.37. The highest BCUT2D eigenvalue weighted by Gasteiger charge is 2.34. The van der Waals surface area contributed by atoms with Crippen LogP contribution in [-0.2, 0) is 11.3 Å². The molecule has 1 N–H and O–H groups in total. The Morgan fingerprint density at radius 2 is 1.61 bits per heavy atom. The summed E-state index contributed by atoms with van der Waals surface area (Å²) in [7, 11) is 0. The normalized spacial score (nSPS) is 17.5. The predicted octanol–water partition coefficient (Wildman–Crippen LogP) is 4.45. The van der Waals surface area contributed by atoms with Gasteiger partial charge in [-0.1, -0.05) is 60.7 Å². The van der Waals surface area contributed by atoms with Crippen molar-refractivity contribution in [1.29, 1.82) is 0 Å². The highest BCUT2D eigenvalue weighted by atomic mass is 16.5. The average Bonchev–Trinajstić information content (AvgIpc) is 3.40. The number of hydrogen-bond donors (Lipinski definition) is 1. The molecule has 33 heavy (non-hydrogen) atoms. The molecular weight excluding hydrogens is 414 g/mol. The number of fused-ring (bicyclic) bond motifs is 1. The van der Waals surface area contributed by atoms with E-state index in [2.05, 4.69) is 5.32 Å². The third-order valence-electron chi connectivity index (χ3n) is 6.24. The van der Waals surface area contributed by atoms with Gasteiger partial charge in [0.05, 0.1) is 5.56 Å². The molecule has 6 nitrogen and oxygen atoms in total. The molecule has 0 saturated carbocycles. The van der Waals surface area contributed by atoms with Gasteiger partial charge in [0.25, 0.3) is 11.8 Å². The number of hydrogen-bond acceptors (Lipinski definition) is 4. The summed E-state index contributed by atoms with van der Waals surface area (Å²) in [5.41, 5.74) is 3.30. The van der Waals surface area contributed by atoms with Gasteiger partial charge in [-0.2, -0.15) is 0 Å². The molecule has 1 unspecified atom stereocenters. The second kappa shape index (κ2) is 9.36. The van der Waals surface area contributed by atoms with Crippen LogP contribution in [0.4, 0.5) is 5.69 Å². The minimum atomic E-state index is -0.425. The van der Waals surface area contributed by atoms with Gasteiger partial charge in [-0.05, 0) is 36.6 Å². The molecule has 2 aliphatic heterocycles. The van der Waals surface area contributed by atoms with Crippen LogP contribution in [0, 0.1) is 0 Å². The second-order valence-electron chi connectivity index (χ2n) is 8.43. The number of para-hydroxylation sites is 2. The molecule has 0 radical (unpaired) electrons. The van der Waals surface area contributed by atoms with Gasteiger partial charge in [0.15, 0.2) is 6.61 Å². The SMILES string of the molecule is O=C(COc1ccccc1C1Nc2ccccc2C(=O)N1Cc1ccccc1)N1CCCC1. The van der Waals surface area contributed by atoms with Crippen LogP contribution in [0.3, 0.4) is 0 Å². The zero-order valence-corrected chi connectivity index (χ0v) is 18.4. The summed E-state index contributed by atoms with van der Waals surface area (Å²) >= 11 is 0. The summed E-state index contributed by atoms with van der Waals surface area (Å²) in [6.45, 7) is 2.04. The molecule has 1 fully saturated rings. The minimum Gasteiger partial charge on any atom is -0.483 e. The van der Waals surface area contributed by atoms with Crippen LogP contribution in [0.1, 0.15) is 40.5 Å². The first kappa shape index (κ1) is 21.1. The molecule has 0 bridgehead atoms. The Kier molecular flexibility index (Phi) is 5.98. The quantitative estimate of drug-likeness (QED) is 0.614. The first-order valence-electron chi connectivity index (χ1n) is 11.4. The molecular formula is C27H27N3O3. The fourth-order valence-electron chi connectivity index (χ4n) is 4.52. The van der Waals surface area contributed by atoms with E-state index in [-0.39, 0.29) is 18.4 Å². The van der Waals surface area contributed by atoms with E-state index in [0.717, 1.165) is 42.7 Å². The first-order chi connectivity index (χ1) is 16.2. The van der Waals surface area contributed by atoms with Crippen LogP contribution in [0.5, 0.6) is 5.75 Å². The maximum absolute atomic E-state index is 13.5. The fourth-order valence-corrected chi connectivity index (χ4v) is 4.52. The van der Waals surface area contributed by atoms with Crippen molar-refractivity contribution in [2.45, 2.75) is 25.6 Å². The van der Waals surface area contributed by atoms with E-state index in [1.54, 1.807) is 0 Å². The van der Waals surface area contributed by atoms with Crippen LogP contribution in [0.15, 0.2) is 78.9 Å². The number of benzene rings is 3. The molecule has 0 aromatic heterocycles. The lowest BCUT2D eigenvalue weighted by molar-refractivity contribution is -0.132. The number of amides is 2. The summed E-state index contributed by atoms with van der Waals surface area (Å²) in [4.78, 5) is 29.8. The van der Waals surface area contributed by atoms with E-state index < -0.39 is 6.17 Å². The van der Waals surface area contributed by atoms with E-state index in [1.807, 2.05) is 88.7 Å². The van der Waals surface area contributed by atoms with Crippen molar-refractivity contribution in [3.8, 4) is 5.75 Å². The third kappa shape index (κ3) is 4.42. The molecule has 0 spiro atoms. The van der Waals surface area contributed by atoms with Crippen LogP contribution >= 0.6 is 0 Å². The monoisotopic (exact) mass is 441 g/mol. The summed E-state index contributed by atoms with van der Waals surface area (Å²) < 4.78 is 6.02. The third-order valence-corrected chi connectivity index (χ3v) is 6.24. The van der Waals surface area contributed by atoms with Gasteiger partial charge in [-0.25, -0.2) is 0 Å². The van der Waals surface area contributed by atoms with Gasteiger partial charge in [-0.15, -0.1) is 0 Å². The number of anilines is 1. The summed E-state index contributed by atoms with van der Waals surface area (Å²) in [5.74, 6) is 0.565. The van der Waals surface area contributed by atoms with E-state index in [9.17, 15) is 9.59 Å². The van der Waals surface area contributed by atoms with Gasteiger partial charge in [0.1, 0.15) is 11.9 Å². The lowest BCUT2D eigenvalue weighted by atomic mass is 10.0. The Morgan fingerprint density at radius 1 is 0.909 bits per heavy atom.